The number of carbonyl (C=O) groups excluding carboxylic acids is 1. The van der Waals surface area contributed by atoms with Crippen LogP contribution in [0.4, 0.5) is 0 Å². The van der Waals surface area contributed by atoms with Crippen molar-refractivity contribution in [1.82, 2.24) is 4.31 Å². The zero-order chi connectivity index (χ0) is 21.3. The van der Waals surface area contributed by atoms with Gasteiger partial charge in [0.2, 0.25) is 10.0 Å². The number of carbonyl (C=O) groups is 1. The Morgan fingerprint density at radius 2 is 1.53 bits per heavy atom. The van der Waals surface area contributed by atoms with Crippen LogP contribution in [0.1, 0.15) is 30.6 Å². The Bertz CT molecular complexity index is 1160. The highest BCUT2D eigenvalue weighted by atomic mass is 32.2. The van der Waals surface area contributed by atoms with Gasteiger partial charge in [-0.2, -0.15) is 4.31 Å². The molecule has 0 N–H and O–H groups in total. The van der Waals surface area contributed by atoms with E-state index in [1.165, 1.54) is 24.3 Å². The molecule has 1 aliphatic heterocycles. The van der Waals surface area contributed by atoms with Crippen LogP contribution in [0.3, 0.4) is 0 Å². The molecule has 4 rings (SSSR count). The highest BCUT2D eigenvalue weighted by Gasteiger charge is 2.31. The lowest BCUT2D eigenvalue weighted by atomic mass is 9.94. The Morgan fingerprint density at radius 3 is 2.20 bits per heavy atom. The van der Waals surface area contributed by atoms with Crippen molar-refractivity contribution in [3.63, 3.8) is 0 Å². The van der Waals surface area contributed by atoms with E-state index in [0.29, 0.717) is 36.2 Å². The SMILES string of the molecule is C[C@@H]1C[C@@H](C)CN(S(=O)(=O)c2ccc(C(=O)Oc3ccc4ccccc4c3)cc2)C1. The zero-order valence-electron chi connectivity index (χ0n) is 17.1. The van der Waals surface area contributed by atoms with Gasteiger partial charge in [0.25, 0.3) is 0 Å². The van der Waals surface area contributed by atoms with Crippen LogP contribution in [-0.2, 0) is 10.0 Å². The molecule has 1 heterocycles. The molecule has 1 saturated heterocycles. The molecule has 3 aromatic carbocycles. The standard InChI is InChI=1S/C24H25NO4S/c1-17-13-18(2)16-25(15-17)30(27,28)23-11-8-20(9-12-23)24(26)29-22-10-7-19-5-3-4-6-21(19)14-22/h3-12,14,17-18H,13,15-16H2,1-2H3/t17-,18-/m1/s1. The zero-order valence-corrected chi connectivity index (χ0v) is 17.9. The molecule has 1 fully saturated rings. The molecule has 6 heteroatoms. The summed E-state index contributed by atoms with van der Waals surface area (Å²) in [6, 6.07) is 19.3. The van der Waals surface area contributed by atoms with Crippen LogP contribution in [0, 0.1) is 11.8 Å². The lowest BCUT2D eigenvalue weighted by Gasteiger charge is -2.34. The molecule has 0 unspecified atom stereocenters. The lowest BCUT2D eigenvalue weighted by Crippen LogP contribution is -2.42. The maximum atomic E-state index is 13.0. The number of sulfonamides is 1. The molecular formula is C24H25NO4S. The second-order valence-electron chi connectivity index (χ2n) is 8.19. The maximum absolute atomic E-state index is 13.0. The fourth-order valence-electron chi connectivity index (χ4n) is 4.11. The number of fused-ring (bicyclic) bond motifs is 1. The van der Waals surface area contributed by atoms with Crippen LogP contribution in [0.25, 0.3) is 10.8 Å². The fourth-order valence-corrected chi connectivity index (χ4v) is 5.79. The average molecular weight is 424 g/mol. The van der Waals surface area contributed by atoms with E-state index in [1.54, 1.807) is 10.4 Å². The molecule has 2 atom stereocenters. The number of rotatable bonds is 4. The predicted molar refractivity (Wildman–Crippen MR) is 117 cm³/mol. The highest BCUT2D eigenvalue weighted by Crippen LogP contribution is 2.27. The summed E-state index contributed by atoms with van der Waals surface area (Å²) < 4.78 is 33.0. The number of esters is 1. The molecular weight excluding hydrogens is 398 g/mol. The highest BCUT2D eigenvalue weighted by molar-refractivity contribution is 7.89. The fraction of sp³-hybridized carbons (Fsp3) is 0.292. The van der Waals surface area contributed by atoms with Crippen molar-refractivity contribution in [2.45, 2.75) is 25.2 Å². The summed E-state index contributed by atoms with van der Waals surface area (Å²) in [5, 5.41) is 2.04. The summed E-state index contributed by atoms with van der Waals surface area (Å²) >= 11 is 0. The van der Waals surface area contributed by atoms with Gasteiger partial charge < -0.3 is 4.74 Å². The van der Waals surface area contributed by atoms with Gasteiger partial charge in [-0.15, -0.1) is 0 Å². The number of hydrogen-bond acceptors (Lipinski definition) is 4. The van der Waals surface area contributed by atoms with Gasteiger partial charge in [0.05, 0.1) is 10.5 Å². The second-order valence-corrected chi connectivity index (χ2v) is 10.1. The third-order valence-electron chi connectivity index (χ3n) is 5.49. The smallest absolute Gasteiger partial charge is 0.343 e. The number of piperidine rings is 1. The summed E-state index contributed by atoms with van der Waals surface area (Å²) in [5.41, 5.74) is 0.308. The van der Waals surface area contributed by atoms with E-state index in [-0.39, 0.29) is 4.90 Å². The summed E-state index contributed by atoms with van der Waals surface area (Å²) in [4.78, 5) is 12.7. The Kier molecular flexibility index (Phi) is 5.62. The van der Waals surface area contributed by atoms with E-state index in [2.05, 4.69) is 13.8 Å². The predicted octanol–water partition coefficient (Wildman–Crippen LogP) is 4.73. The van der Waals surface area contributed by atoms with Crippen LogP contribution in [0.15, 0.2) is 71.6 Å². The van der Waals surface area contributed by atoms with E-state index < -0.39 is 16.0 Å². The minimum atomic E-state index is -3.57. The molecule has 0 amide bonds. The molecule has 30 heavy (non-hydrogen) atoms. The van der Waals surface area contributed by atoms with Crippen molar-refractivity contribution >= 4 is 26.8 Å². The van der Waals surface area contributed by atoms with Gasteiger partial charge >= 0.3 is 5.97 Å². The minimum Gasteiger partial charge on any atom is -0.423 e. The number of hydrogen-bond donors (Lipinski definition) is 0. The third kappa shape index (κ3) is 4.25. The van der Waals surface area contributed by atoms with Gasteiger partial charge in [-0.1, -0.05) is 44.2 Å². The average Bonchev–Trinajstić information content (AvgIpc) is 2.73. The largest absolute Gasteiger partial charge is 0.423 e. The molecule has 156 valence electrons. The quantitative estimate of drug-likeness (QED) is 0.450. The summed E-state index contributed by atoms with van der Waals surface area (Å²) in [5.74, 6) is 0.598. The van der Waals surface area contributed by atoms with Crippen molar-refractivity contribution in [3.05, 3.63) is 72.3 Å². The van der Waals surface area contributed by atoms with Crippen molar-refractivity contribution in [1.29, 1.82) is 0 Å². The van der Waals surface area contributed by atoms with Gasteiger partial charge in [-0.25, -0.2) is 13.2 Å². The normalized spacial score (nSPS) is 20.2. The van der Waals surface area contributed by atoms with Crippen LogP contribution >= 0.6 is 0 Å². The van der Waals surface area contributed by atoms with Crippen LogP contribution in [-0.4, -0.2) is 31.8 Å². The Morgan fingerprint density at radius 1 is 0.900 bits per heavy atom. The summed E-state index contributed by atoms with van der Waals surface area (Å²) in [7, 11) is -3.57. The summed E-state index contributed by atoms with van der Waals surface area (Å²) in [6.45, 7) is 5.20. The van der Waals surface area contributed by atoms with E-state index in [1.807, 2.05) is 36.4 Å². The van der Waals surface area contributed by atoms with Crippen LogP contribution in [0.2, 0.25) is 0 Å². The first-order valence-electron chi connectivity index (χ1n) is 10.1. The monoisotopic (exact) mass is 423 g/mol. The van der Waals surface area contributed by atoms with E-state index in [0.717, 1.165) is 17.2 Å². The first-order chi connectivity index (χ1) is 14.3. The number of benzene rings is 3. The molecule has 0 aromatic heterocycles. The molecule has 0 radical (unpaired) electrons. The minimum absolute atomic E-state index is 0.200. The van der Waals surface area contributed by atoms with Gasteiger partial charge in [-0.05, 0) is 65.4 Å². The lowest BCUT2D eigenvalue weighted by molar-refractivity contribution is 0.0735. The Hall–Kier alpha value is -2.70. The summed E-state index contributed by atoms with van der Waals surface area (Å²) in [6.07, 6.45) is 1.03. The Balaban J connectivity index is 1.50. The van der Waals surface area contributed by atoms with E-state index in [4.69, 9.17) is 4.74 Å². The van der Waals surface area contributed by atoms with Crippen molar-refractivity contribution in [2.75, 3.05) is 13.1 Å². The number of nitrogens with zero attached hydrogens (tertiary/aromatic N) is 1. The van der Waals surface area contributed by atoms with Gasteiger partial charge in [0.1, 0.15) is 5.75 Å². The first-order valence-corrected chi connectivity index (χ1v) is 11.6. The van der Waals surface area contributed by atoms with Crippen molar-refractivity contribution in [3.8, 4) is 5.75 Å². The maximum Gasteiger partial charge on any atom is 0.343 e. The van der Waals surface area contributed by atoms with E-state index >= 15 is 0 Å². The van der Waals surface area contributed by atoms with Gasteiger partial charge in [0.15, 0.2) is 0 Å². The topological polar surface area (TPSA) is 63.7 Å². The van der Waals surface area contributed by atoms with E-state index in [9.17, 15) is 13.2 Å². The molecule has 0 aliphatic carbocycles. The van der Waals surface area contributed by atoms with Gasteiger partial charge in [0, 0.05) is 13.1 Å². The van der Waals surface area contributed by atoms with Crippen molar-refractivity contribution < 1.29 is 17.9 Å². The number of ether oxygens (including phenoxy) is 1. The first kappa shape index (κ1) is 20.6. The molecule has 0 saturated carbocycles. The Labute approximate surface area is 177 Å². The van der Waals surface area contributed by atoms with Crippen LogP contribution in [0.5, 0.6) is 5.75 Å². The third-order valence-corrected chi connectivity index (χ3v) is 7.34. The molecule has 1 aliphatic rings. The molecule has 5 nitrogen and oxygen atoms in total. The van der Waals surface area contributed by atoms with Crippen LogP contribution < -0.4 is 4.74 Å². The van der Waals surface area contributed by atoms with Gasteiger partial charge in [-0.3, -0.25) is 0 Å². The molecule has 3 aromatic rings. The van der Waals surface area contributed by atoms with Crippen molar-refractivity contribution in [2.24, 2.45) is 11.8 Å². The second kappa shape index (κ2) is 8.20. The molecule has 0 bridgehead atoms. The molecule has 0 spiro atoms.